The summed E-state index contributed by atoms with van der Waals surface area (Å²) >= 11 is 1.35. The molecule has 28 heavy (non-hydrogen) atoms. The lowest BCUT2D eigenvalue weighted by Gasteiger charge is -2.13. The van der Waals surface area contributed by atoms with E-state index in [9.17, 15) is 9.59 Å². The molecule has 0 saturated heterocycles. The number of amides is 1. The molecule has 148 valence electrons. The second-order valence-electron chi connectivity index (χ2n) is 5.69. The number of nitriles is 1. The minimum Gasteiger partial charge on any atom is -0.492 e. The first-order valence-electron chi connectivity index (χ1n) is 9.02. The molecule has 0 fully saturated rings. The third-order valence-electron chi connectivity index (χ3n) is 3.73. The molecule has 0 aliphatic carbocycles. The van der Waals surface area contributed by atoms with Crippen molar-refractivity contribution < 1.29 is 19.1 Å². The van der Waals surface area contributed by atoms with E-state index >= 15 is 0 Å². The molecular weight excluding hydrogens is 378 g/mol. The largest absolute Gasteiger partial charge is 0.492 e. The Bertz CT molecular complexity index is 886. The number of rotatable bonds is 9. The van der Waals surface area contributed by atoms with Crippen LogP contribution in [0.2, 0.25) is 0 Å². The highest BCUT2D eigenvalue weighted by molar-refractivity contribution is 7.16. The second-order valence-corrected chi connectivity index (χ2v) is 6.82. The Kier molecular flexibility index (Phi) is 7.84. The van der Waals surface area contributed by atoms with Crippen LogP contribution in [0.4, 0.5) is 10.7 Å². The summed E-state index contributed by atoms with van der Waals surface area (Å²) in [6, 6.07) is 8.77. The van der Waals surface area contributed by atoms with Crippen LogP contribution in [0.25, 0.3) is 0 Å². The van der Waals surface area contributed by atoms with Crippen LogP contribution in [-0.2, 0) is 16.0 Å². The van der Waals surface area contributed by atoms with Crippen LogP contribution in [0.1, 0.15) is 41.6 Å². The molecule has 1 aromatic heterocycles. The highest BCUT2D eigenvalue weighted by Crippen LogP contribution is 2.30. The van der Waals surface area contributed by atoms with Gasteiger partial charge in [-0.15, -0.1) is 11.3 Å². The van der Waals surface area contributed by atoms with Gasteiger partial charge in [0.1, 0.15) is 10.8 Å². The normalized spacial score (nSPS) is 10.1. The van der Waals surface area contributed by atoms with Crippen LogP contribution in [0.15, 0.2) is 24.3 Å². The average molecular weight is 401 g/mol. The smallest absolute Gasteiger partial charge is 0.341 e. The van der Waals surface area contributed by atoms with Gasteiger partial charge in [-0.25, -0.2) is 4.79 Å². The number of thiophene rings is 1. The van der Waals surface area contributed by atoms with Crippen LogP contribution >= 0.6 is 11.3 Å². The zero-order chi connectivity index (χ0) is 20.5. The number of ether oxygens (including phenoxy) is 2. The van der Waals surface area contributed by atoms with Crippen molar-refractivity contribution in [1.82, 2.24) is 0 Å². The monoisotopic (exact) mass is 401 g/mol. The van der Waals surface area contributed by atoms with Crippen LogP contribution in [0.3, 0.4) is 0 Å². The molecular formula is C20H23N3O4S. The standard InChI is InChI=1S/C20H23N3O4S/c1-4-14-10-15(20(25)27-6-3)19(28-14)23-18(24)12-22-16-9-13(11-21)7-8-17(16)26-5-2/h7-10,22H,4-6,12H2,1-3H3,(H,23,24). The summed E-state index contributed by atoms with van der Waals surface area (Å²) in [5.74, 6) is -0.215. The summed E-state index contributed by atoms with van der Waals surface area (Å²) in [7, 11) is 0. The second kappa shape index (κ2) is 10.3. The number of hydrogen-bond acceptors (Lipinski definition) is 7. The van der Waals surface area contributed by atoms with E-state index in [2.05, 4.69) is 16.7 Å². The predicted octanol–water partition coefficient (Wildman–Crippen LogP) is 3.81. The van der Waals surface area contributed by atoms with E-state index in [1.54, 1.807) is 31.2 Å². The summed E-state index contributed by atoms with van der Waals surface area (Å²) in [5.41, 5.74) is 1.38. The molecule has 0 atom stereocenters. The van der Waals surface area contributed by atoms with Crippen LogP contribution in [-0.4, -0.2) is 31.6 Å². The Balaban J connectivity index is 2.10. The molecule has 2 rings (SSSR count). The molecule has 8 heteroatoms. The van der Waals surface area contributed by atoms with Gasteiger partial charge in [0.25, 0.3) is 0 Å². The molecule has 0 radical (unpaired) electrons. The van der Waals surface area contributed by atoms with Gasteiger partial charge in [0, 0.05) is 4.88 Å². The van der Waals surface area contributed by atoms with Gasteiger partial charge in [-0.1, -0.05) is 6.92 Å². The van der Waals surface area contributed by atoms with Gasteiger partial charge in [0.2, 0.25) is 5.91 Å². The van der Waals surface area contributed by atoms with Crippen molar-refractivity contribution in [1.29, 1.82) is 5.26 Å². The van der Waals surface area contributed by atoms with Gasteiger partial charge in [-0.3, -0.25) is 4.79 Å². The first kappa shape index (κ1) is 21.3. The number of nitrogens with one attached hydrogen (secondary N) is 2. The summed E-state index contributed by atoms with van der Waals surface area (Å²) in [4.78, 5) is 25.5. The topological polar surface area (TPSA) is 100 Å². The van der Waals surface area contributed by atoms with Crippen molar-refractivity contribution in [3.63, 3.8) is 0 Å². The molecule has 2 aromatic rings. The van der Waals surface area contributed by atoms with E-state index in [-0.39, 0.29) is 19.1 Å². The summed E-state index contributed by atoms with van der Waals surface area (Å²) in [6.45, 7) is 6.25. The maximum atomic E-state index is 12.4. The summed E-state index contributed by atoms with van der Waals surface area (Å²) in [6.07, 6.45) is 0.754. The number of carbonyl (C=O) groups excluding carboxylic acids is 2. The van der Waals surface area contributed by atoms with Crippen LogP contribution in [0.5, 0.6) is 5.75 Å². The Labute approximate surface area is 168 Å². The quantitative estimate of drug-likeness (QED) is 0.620. The fourth-order valence-electron chi connectivity index (χ4n) is 2.43. The van der Waals surface area contributed by atoms with E-state index in [1.165, 1.54) is 11.3 Å². The first-order valence-corrected chi connectivity index (χ1v) is 9.84. The number of hydrogen-bond donors (Lipinski definition) is 2. The number of benzene rings is 1. The Morgan fingerprint density at radius 1 is 1.18 bits per heavy atom. The minimum atomic E-state index is -0.456. The first-order chi connectivity index (χ1) is 13.5. The maximum absolute atomic E-state index is 12.4. The SMILES string of the molecule is CCOC(=O)c1cc(CC)sc1NC(=O)CNc1cc(C#N)ccc1OCC. The van der Waals surface area contributed by atoms with E-state index in [0.29, 0.717) is 34.2 Å². The number of anilines is 2. The molecule has 2 N–H and O–H groups in total. The third-order valence-corrected chi connectivity index (χ3v) is 4.92. The number of nitrogens with zero attached hydrogens (tertiary/aromatic N) is 1. The lowest BCUT2D eigenvalue weighted by Crippen LogP contribution is -2.22. The Morgan fingerprint density at radius 2 is 1.96 bits per heavy atom. The Hall–Kier alpha value is -3.05. The lowest BCUT2D eigenvalue weighted by molar-refractivity contribution is -0.114. The molecule has 0 bridgehead atoms. The van der Waals surface area contributed by atoms with Gasteiger partial charge in [0.05, 0.1) is 42.6 Å². The molecule has 1 amide bonds. The maximum Gasteiger partial charge on any atom is 0.341 e. The number of aryl methyl sites for hydroxylation is 1. The molecule has 0 unspecified atom stereocenters. The van der Waals surface area contributed by atoms with Crippen molar-refractivity contribution in [3.8, 4) is 11.8 Å². The van der Waals surface area contributed by atoms with Crippen molar-refractivity contribution in [2.75, 3.05) is 30.4 Å². The van der Waals surface area contributed by atoms with Gasteiger partial charge in [-0.2, -0.15) is 5.26 Å². The summed E-state index contributed by atoms with van der Waals surface area (Å²) < 4.78 is 10.6. The zero-order valence-corrected chi connectivity index (χ0v) is 16.9. The van der Waals surface area contributed by atoms with Crippen molar-refractivity contribution in [2.45, 2.75) is 27.2 Å². The van der Waals surface area contributed by atoms with E-state index in [1.807, 2.05) is 13.8 Å². The number of carbonyl (C=O) groups is 2. The lowest BCUT2D eigenvalue weighted by atomic mass is 10.2. The van der Waals surface area contributed by atoms with Gasteiger partial charge in [-0.05, 0) is 44.5 Å². The third kappa shape index (κ3) is 5.47. The van der Waals surface area contributed by atoms with E-state index in [0.717, 1.165) is 11.3 Å². The highest BCUT2D eigenvalue weighted by atomic mass is 32.1. The summed E-state index contributed by atoms with van der Waals surface area (Å²) in [5, 5.41) is 15.3. The highest BCUT2D eigenvalue weighted by Gasteiger charge is 2.18. The molecule has 7 nitrogen and oxygen atoms in total. The van der Waals surface area contributed by atoms with Gasteiger partial charge in [0.15, 0.2) is 0 Å². The van der Waals surface area contributed by atoms with E-state index < -0.39 is 5.97 Å². The van der Waals surface area contributed by atoms with Gasteiger partial charge >= 0.3 is 5.97 Å². The van der Waals surface area contributed by atoms with Crippen LogP contribution in [0, 0.1) is 11.3 Å². The number of esters is 1. The van der Waals surface area contributed by atoms with Crippen molar-refractivity contribution >= 4 is 33.9 Å². The molecule has 0 aliphatic heterocycles. The molecule has 0 aliphatic rings. The molecule has 0 spiro atoms. The molecule has 0 saturated carbocycles. The fourth-order valence-corrected chi connectivity index (χ4v) is 3.44. The van der Waals surface area contributed by atoms with Crippen molar-refractivity contribution in [3.05, 3.63) is 40.3 Å². The Morgan fingerprint density at radius 3 is 2.61 bits per heavy atom. The average Bonchev–Trinajstić information content (AvgIpc) is 3.10. The van der Waals surface area contributed by atoms with Crippen LogP contribution < -0.4 is 15.4 Å². The van der Waals surface area contributed by atoms with Crippen molar-refractivity contribution in [2.24, 2.45) is 0 Å². The van der Waals surface area contributed by atoms with Gasteiger partial charge < -0.3 is 20.1 Å². The minimum absolute atomic E-state index is 0.0451. The zero-order valence-electron chi connectivity index (χ0n) is 16.1. The predicted molar refractivity (Wildman–Crippen MR) is 109 cm³/mol. The molecule has 1 aromatic carbocycles. The molecule has 1 heterocycles. The fraction of sp³-hybridized carbons (Fsp3) is 0.350. The van der Waals surface area contributed by atoms with E-state index in [4.69, 9.17) is 14.7 Å².